The van der Waals surface area contributed by atoms with Crippen molar-refractivity contribution in [1.29, 1.82) is 0 Å². The molecular formula is C19H18N6O. The van der Waals surface area contributed by atoms with Crippen LogP contribution >= 0.6 is 0 Å². The first kappa shape index (κ1) is 16.0. The van der Waals surface area contributed by atoms with E-state index >= 15 is 0 Å². The van der Waals surface area contributed by atoms with Gasteiger partial charge in [-0.2, -0.15) is 4.68 Å². The average Bonchev–Trinajstić information content (AvgIpc) is 3.11. The molecule has 2 aromatic carbocycles. The minimum absolute atomic E-state index is 0.186. The van der Waals surface area contributed by atoms with Crippen LogP contribution in [-0.2, 0) is 4.79 Å². The molecule has 7 nitrogen and oxygen atoms in total. The SMILES string of the molecule is CC1=C(C(=O)Nc2ccc(C)cc2)[C@H](c2ccccc2)n2nnnc2N1. The van der Waals surface area contributed by atoms with E-state index in [-0.39, 0.29) is 5.91 Å². The molecule has 1 amide bonds. The highest BCUT2D eigenvalue weighted by Gasteiger charge is 2.33. The van der Waals surface area contributed by atoms with E-state index in [9.17, 15) is 4.79 Å². The summed E-state index contributed by atoms with van der Waals surface area (Å²) in [4.78, 5) is 13.1. The Morgan fingerprint density at radius 1 is 1.08 bits per heavy atom. The first-order valence-corrected chi connectivity index (χ1v) is 8.32. The lowest BCUT2D eigenvalue weighted by molar-refractivity contribution is -0.113. The van der Waals surface area contributed by atoms with Crippen molar-refractivity contribution < 1.29 is 4.79 Å². The van der Waals surface area contributed by atoms with Crippen molar-refractivity contribution in [2.75, 3.05) is 10.6 Å². The van der Waals surface area contributed by atoms with Gasteiger partial charge in [-0.3, -0.25) is 4.79 Å². The third kappa shape index (κ3) is 2.83. The molecule has 0 saturated carbocycles. The van der Waals surface area contributed by atoms with Gasteiger partial charge in [-0.1, -0.05) is 53.1 Å². The molecule has 2 N–H and O–H groups in total. The molecule has 1 aliphatic heterocycles. The predicted molar refractivity (Wildman–Crippen MR) is 98.5 cm³/mol. The number of rotatable bonds is 3. The molecule has 3 aromatic rings. The highest BCUT2D eigenvalue weighted by molar-refractivity contribution is 6.06. The van der Waals surface area contributed by atoms with Gasteiger partial charge in [0.25, 0.3) is 5.91 Å². The van der Waals surface area contributed by atoms with Crippen LogP contribution in [0.25, 0.3) is 0 Å². The minimum atomic E-state index is -0.395. The molecule has 1 atom stereocenters. The van der Waals surface area contributed by atoms with Crippen molar-refractivity contribution in [2.24, 2.45) is 0 Å². The van der Waals surface area contributed by atoms with Crippen LogP contribution in [0.3, 0.4) is 0 Å². The number of carbonyl (C=O) groups is 1. The van der Waals surface area contributed by atoms with Gasteiger partial charge >= 0.3 is 0 Å². The highest BCUT2D eigenvalue weighted by atomic mass is 16.1. The topological polar surface area (TPSA) is 84.7 Å². The molecule has 1 aliphatic rings. The van der Waals surface area contributed by atoms with Crippen LogP contribution in [0.5, 0.6) is 0 Å². The van der Waals surface area contributed by atoms with Gasteiger partial charge in [0.05, 0.1) is 5.57 Å². The first-order valence-electron chi connectivity index (χ1n) is 8.32. The molecule has 130 valence electrons. The summed E-state index contributed by atoms with van der Waals surface area (Å²) in [7, 11) is 0. The third-order valence-electron chi connectivity index (χ3n) is 4.38. The Bertz CT molecular complexity index is 975. The van der Waals surface area contributed by atoms with Crippen LogP contribution in [0.2, 0.25) is 0 Å². The Kier molecular flexibility index (Phi) is 3.96. The summed E-state index contributed by atoms with van der Waals surface area (Å²) < 4.78 is 1.63. The Morgan fingerprint density at radius 3 is 2.54 bits per heavy atom. The molecule has 0 spiro atoms. The van der Waals surface area contributed by atoms with Crippen LogP contribution in [-0.4, -0.2) is 26.1 Å². The molecule has 0 radical (unpaired) electrons. The van der Waals surface area contributed by atoms with Gasteiger partial charge in [-0.25, -0.2) is 0 Å². The highest BCUT2D eigenvalue weighted by Crippen LogP contribution is 2.34. The lowest BCUT2D eigenvalue weighted by Gasteiger charge is -2.28. The summed E-state index contributed by atoms with van der Waals surface area (Å²) in [6, 6.07) is 17.0. The van der Waals surface area contributed by atoms with Crippen LogP contribution in [0.1, 0.15) is 24.1 Å². The van der Waals surface area contributed by atoms with Gasteiger partial charge in [-0.15, -0.1) is 0 Å². The molecule has 0 aliphatic carbocycles. The summed E-state index contributed by atoms with van der Waals surface area (Å²) in [5.41, 5.74) is 4.13. The molecule has 1 aromatic heterocycles. The van der Waals surface area contributed by atoms with E-state index in [1.165, 1.54) is 0 Å². The van der Waals surface area contributed by atoms with Crippen LogP contribution in [0.4, 0.5) is 11.6 Å². The van der Waals surface area contributed by atoms with E-state index in [4.69, 9.17) is 0 Å². The van der Waals surface area contributed by atoms with Crippen molar-refractivity contribution in [3.63, 3.8) is 0 Å². The number of aromatic nitrogens is 4. The van der Waals surface area contributed by atoms with Gasteiger partial charge < -0.3 is 10.6 Å². The van der Waals surface area contributed by atoms with E-state index < -0.39 is 6.04 Å². The maximum atomic E-state index is 13.1. The van der Waals surface area contributed by atoms with Crippen molar-refractivity contribution in [1.82, 2.24) is 20.2 Å². The summed E-state index contributed by atoms with van der Waals surface area (Å²) in [6.45, 7) is 3.87. The number of carbonyl (C=O) groups excluding carboxylic acids is 1. The predicted octanol–water partition coefficient (Wildman–Crippen LogP) is 2.91. The summed E-state index contributed by atoms with van der Waals surface area (Å²) in [6.07, 6.45) is 0. The molecule has 0 unspecified atom stereocenters. The van der Waals surface area contributed by atoms with Crippen molar-refractivity contribution >= 4 is 17.5 Å². The Hall–Kier alpha value is -3.48. The second kappa shape index (κ2) is 6.44. The molecule has 7 heteroatoms. The standard InChI is InChI=1S/C19H18N6O/c1-12-8-10-15(11-9-12)21-18(26)16-13(2)20-19-22-23-24-25(19)17(16)14-6-4-3-5-7-14/h3-11,17H,1-2H3,(H,21,26)(H,20,22,24)/t17-/m0/s1. The Balaban J connectivity index is 1.74. The number of benzene rings is 2. The number of aryl methyl sites for hydroxylation is 1. The van der Waals surface area contributed by atoms with E-state index in [0.29, 0.717) is 11.5 Å². The number of amides is 1. The summed E-state index contributed by atoms with van der Waals surface area (Å²) in [5, 5.41) is 17.9. The van der Waals surface area contributed by atoms with Gasteiger partial charge in [-0.05, 0) is 42.0 Å². The van der Waals surface area contributed by atoms with Gasteiger partial charge in [0, 0.05) is 11.4 Å². The number of hydrogen-bond donors (Lipinski definition) is 2. The van der Waals surface area contributed by atoms with Crippen molar-refractivity contribution in [3.05, 3.63) is 77.0 Å². The van der Waals surface area contributed by atoms with Gasteiger partial charge in [0.15, 0.2) is 0 Å². The molecule has 0 bridgehead atoms. The van der Waals surface area contributed by atoms with Crippen molar-refractivity contribution in [3.8, 4) is 0 Å². The maximum absolute atomic E-state index is 13.1. The summed E-state index contributed by atoms with van der Waals surface area (Å²) in [5.74, 6) is 0.331. The zero-order chi connectivity index (χ0) is 18.1. The molecule has 0 saturated heterocycles. The smallest absolute Gasteiger partial charge is 0.255 e. The first-order chi connectivity index (χ1) is 12.6. The van der Waals surface area contributed by atoms with Crippen LogP contribution in [0.15, 0.2) is 65.9 Å². The van der Waals surface area contributed by atoms with E-state index in [0.717, 1.165) is 22.5 Å². The van der Waals surface area contributed by atoms with Gasteiger partial charge in [0.2, 0.25) is 5.95 Å². The minimum Gasteiger partial charge on any atom is -0.326 e. The Labute approximate surface area is 150 Å². The number of nitrogens with one attached hydrogen (secondary N) is 2. The molecule has 4 rings (SSSR count). The molecule has 2 heterocycles. The monoisotopic (exact) mass is 346 g/mol. The fraction of sp³-hybridized carbons (Fsp3) is 0.158. The zero-order valence-electron chi connectivity index (χ0n) is 14.5. The third-order valence-corrected chi connectivity index (χ3v) is 4.38. The number of hydrogen-bond acceptors (Lipinski definition) is 5. The molecule has 26 heavy (non-hydrogen) atoms. The number of allylic oxidation sites excluding steroid dienone is 1. The van der Waals surface area contributed by atoms with E-state index in [1.54, 1.807) is 4.68 Å². The Morgan fingerprint density at radius 2 is 1.81 bits per heavy atom. The fourth-order valence-corrected chi connectivity index (χ4v) is 3.09. The van der Waals surface area contributed by atoms with Gasteiger partial charge in [0.1, 0.15) is 6.04 Å². The molecule has 0 fully saturated rings. The number of tetrazole rings is 1. The average molecular weight is 346 g/mol. The summed E-state index contributed by atoms with van der Waals surface area (Å²) >= 11 is 0. The van der Waals surface area contributed by atoms with E-state index in [2.05, 4.69) is 26.2 Å². The zero-order valence-corrected chi connectivity index (χ0v) is 14.5. The van der Waals surface area contributed by atoms with Crippen molar-refractivity contribution in [2.45, 2.75) is 19.9 Å². The molecular weight excluding hydrogens is 328 g/mol. The van der Waals surface area contributed by atoms with E-state index in [1.807, 2.05) is 68.4 Å². The second-order valence-corrected chi connectivity index (χ2v) is 6.24. The quantitative estimate of drug-likeness (QED) is 0.762. The van der Waals surface area contributed by atoms with Crippen LogP contribution < -0.4 is 10.6 Å². The second-order valence-electron chi connectivity index (χ2n) is 6.24. The lowest BCUT2D eigenvalue weighted by Crippen LogP contribution is -2.31. The fourth-order valence-electron chi connectivity index (χ4n) is 3.09. The van der Waals surface area contributed by atoms with Crippen LogP contribution in [0, 0.1) is 6.92 Å². The normalized spacial score (nSPS) is 16.0. The maximum Gasteiger partial charge on any atom is 0.255 e. The number of anilines is 2. The largest absolute Gasteiger partial charge is 0.326 e. The number of fused-ring (bicyclic) bond motifs is 1. The number of nitrogens with zero attached hydrogens (tertiary/aromatic N) is 4. The lowest BCUT2D eigenvalue weighted by atomic mass is 9.95.